The zero-order valence-corrected chi connectivity index (χ0v) is 14.6. The van der Waals surface area contributed by atoms with Crippen molar-refractivity contribution in [2.45, 2.75) is 25.8 Å². The Labute approximate surface area is 151 Å². The topological polar surface area (TPSA) is 67.4 Å². The summed E-state index contributed by atoms with van der Waals surface area (Å²) in [6.07, 6.45) is 1.14. The van der Waals surface area contributed by atoms with Gasteiger partial charge in [-0.05, 0) is 48.7 Å². The van der Waals surface area contributed by atoms with Gasteiger partial charge in [0.1, 0.15) is 5.75 Å². The Morgan fingerprint density at radius 2 is 2.08 bits per heavy atom. The van der Waals surface area contributed by atoms with Crippen LogP contribution in [-0.2, 0) is 16.0 Å². The number of hydrogen-bond donors (Lipinski definition) is 2. The highest BCUT2D eigenvalue weighted by molar-refractivity contribution is 6.31. The standard InChI is InChI=1S/C19H19ClN2O3/c1-12(15-4-2-3-5-16(15)20)21-19(24)11-25-14-7-8-17-13(10-14)6-9-18(23)22-17/h2-5,7-8,10,12H,6,9,11H2,1H3,(H,21,24)(H,22,23). The Kier molecular flexibility index (Phi) is 5.24. The smallest absolute Gasteiger partial charge is 0.258 e. The van der Waals surface area contributed by atoms with E-state index in [0.29, 0.717) is 23.6 Å². The van der Waals surface area contributed by atoms with Crippen LogP contribution >= 0.6 is 11.6 Å². The first-order chi connectivity index (χ1) is 12.0. The van der Waals surface area contributed by atoms with Crippen molar-refractivity contribution < 1.29 is 14.3 Å². The van der Waals surface area contributed by atoms with Crippen molar-refractivity contribution in [1.29, 1.82) is 0 Å². The molecule has 3 rings (SSSR count). The lowest BCUT2D eigenvalue weighted by molar-refractivity contribution is -0.123. The number of benzene rings is 2. The molecule has 0 bridgehead atoms. The second-order valence-corrected chi connectivity index (χ2v) is 6.37. The van der Waals surface area contributed by atoms with E-state index in [2.05, 4.69) is 10.6 Å². The maximum absolute atomic E-state index is 12.1. The van der Waals surface area contributed by atoms with Crippen LogP contribution in [0.1, 0.15) is 30.5 Å². The van der Waals surface area contributed by atoms with Crippen LogP contribution in [0.4, 0.5) is 5.69 Å². The van der Waals surface area contributed by atoms with Crippen LogP contribution in [0.15, 0.2) is 42.5 Å². The maximum atomic E-state index is 12.1. The van der Waals surface area contributed by atoms with E-state index in [-0.39, 0.29) is 24.5 Å². The van der Waals surface area contributed by atoms with Crippen molar-refractivity contribution in [2.24, 2.45) is 0 Å². The molecule has 1 aliphatic rings. The van der Waals surface area contributed by atoms with Crippen LogP contribution in [0.2, 0.25) is 5.02 Å². The van der Waals surface area contributed by atoms with Gasteiger partial charge in [-0.15, -0.1) is 0 Å². The third-order valence-electron chi connectivity index (χ3n) is 4.09. The number of fused-ring (bicyclic) bond motifs is 1. The quantitative estimate of drug-likeness (QED) is 0.859. The number of aryl methyl sites for hydroxylation is 1. The molecule has 0 aromatic heterocycles. The predicted octanol–water partition coefficient (Wildman–Crippen LogP) is 3.48. The third-order valence-corrected chi connectivity index (χ3v) is 4.44. The molecule has 2 N–H and O–H groups in total. The number of carbonyl (C=O) groups is 2. The highest BCUT2D eigenvalue weighted by atomic mass is 35.5. The van der Waals surface area contributed by atoms with Gasteiger partial charge in [0.2, 0.25) is 5.91 Å². The first kappa shape index (κ1) is 17.3. The van der Waals surface area contributed by atoms with Gasteiger partial charge < -0.3 is 15.4 Å². The maximum Gasteiger partial charge on any atom is 0.258 e. The molecule has 0 spiro atoms. The Hall–Kier alpha value is -2.53. The zero-order chi connectivity index (χ0) is 17.8. The highest BCUT2D eigenvalue weighted by Gasteiger charge is 2.16. The molecule has 1 heterocycles. The van der Waals surface area contributed by atoms with Crippen molar-refractivity contribution in [3.05, 3.63) is 58.6 Å². The van der Waals surface area contributed by atoms with Crippen molar-refractivity contribution >= 4 is 29.1 Å². The van der Waals surface area contributed by atoms with Gasteiger partial charge in [0.15, 0.2) is 6.61 Å². The van der Waals surface area contributed by atoms with Crippen LogP contribution in [0.3, 0.4) is 0 Å². The molecule has 0 fully saturated rings. The Bertz CT molecular complexity index is 807. The van der Waals surface area contributed by atoms with E-state index in [0.717, 1.165) is 16.8 Å². The molecule has 1 atom stereocenters. The van der Waals surface area contributed by atoms with Gasteiger partial charge in [-0.2, -0.15) is 0 Å². The molecule has 2 aromatic rings. The molecule has 0 radical (unpaired) electrons. The van der Waals surface area contributed by atoms with Crippen LogP contribution in [-0.4, -0.2) is 18.4 Å². The zero-order valence-electron chi connectivity index (χ0n) is 13.8. The second kappa shape index (κ2) is 7.57. The molecule has 130 valence electrons. The van der Waals surface area contributed by atoms with Crippen molar-refractivity contribution in [3.63, 3.8) is 0 Å². The van der Waals surface area contributed by atoms with Crippen molar-refractivity contribution in [2.75, 3.05) is 11.9 Å². The lowest BCUT2D eigenvalue weighted by atomic mass is 10.0. The molecule has 1 unspecified atom stereocenters. The number of halogens is 1. The summed E-state index contributed by atoms with van der Waals surface area (Å²) in [6, 6.07) is 12.6. The second-order valence-electron chi connectivity index (χ2n) is 5.97. The number of hydrogen-bond acceptors (Lipinski definition) is 3. The summed E-state index contributed by atoms with van der Waals surface area (Å²) in [6.45, 7) is 1.79. The molecule has 1 aliphatic heterocycles. The van der Waals surface area contributed by atoms with Crippen LogP contribution in [0, 0.1) is 0 Å². The van der Waals surface area contributed by atoms with Gasteiger partial charge in [-0.1, -0.05) is 29.8 Å². The van der Waals surface area contributed by atoms with Gasteiger partial charge in [0.25, 0.3) is 5.91 Å². The minimum absolute atomic E-state index is 0.0223. The number of ether oxygens (including phenoxy) is 1. The van der Waals surface area contributed by atoms with Crippen LogP contribution in [0.5, 0.6) is 5.75 Å². The van der Waals surface area contributed by atoms with E-state index in [9.17, 15) is 9.59 Å². The van der Waals surface area contributed by atoms with Gasteiger partial charge in [0.05, 0.1) is 6.04 Å². The highest BCUT2D eigenvalue weighted by Crippen LogP contribution is 2.27. The minimum atomic E-state index is -0.224. The number of carbonyl (C=O) groups excluding carboxylic acids is 2. The Morgan fingerprint density at radius 1 is 1.28 bits per heavy atom. The summed E-state index contributed by atoms with van der Waals surface area (Å²) in [7, 11) is 0. The van der Waals surface area contributed by atoms with E-state index < -0.39 is 0 Å². The van der Waals surface area contributed by atoms with Gasteiger partial charge >= 0.3 is 0 Å². The summed E-state index contributed by atoms with van der Waals surface area (Å²) in [5.41, 5.74) is 2.68. The minimum Gasteiger partial charge on any atom is -0.484 e. The molecular weight excluding hydrogens is 340 g/mol. The summed E-state index contributed by atoms with van der Waals surface area (Å²) in [5.74, 6) is 0.406. The summed E-state index contributed by atoms with van der Waals surface area (Å²) < 4.78 is 5.57. The Balaban J connectivity index is 1.56. The van der Waals surface area contributed by atoms with Gasteiger partial charge in [-0.25, -0.2) is 0 Å². The fourth-order valence-electron chi connectivity index (χ4n) is 2.79. The van der Waals surface area contributed by atoms with Gasteiger partial charge in [0, 0.05) is 17.1 Å². The lowest BCUT2D eigenvalue weighted by Gasteiger charge is -2.18. The normalized spacial score (nSPS) is 14.2. The molecule has 2 aromatic carbocycles. The monoisotopic (exact) mass is 358 g/mol. The number of rotatable bonds is 5. The van der Waals surface area contributed by atoms with E-state index in [4.69, 9.17) is 16.3 Å². The van der Waals surface area contributed by atoms with Gasteiger partial charge in [-0.3, -0.25) is 9.59 Å². The average Bonchev–Trinajstić information content (AvgIpc) is 2.60. The molecular formula is C19H19ClN2O3. The lowest BCUT2D eigenvalue weighted by Crippen LogP contribution is -2.31. The first-order valence-electron chi connectivity index (χ1n) is 8.12. The van der Waals surface area contributed by atoms with E-state index in [1.54, 1.807) is 18.2 Å². The molecule has 25 heavy (non-hydrogen) atoms. The number of nitrogens with one attached hydrogen (secondary N) is 2. The summed E-state index contributed by atoms with van der Waals surface area (Å²) in [4.78, 5) is 23.5. The SMILES string of the molecule is CC(NC(=O)COc1ccc2c(c1)CCC(=O)N2)c1ccccc1Cl. The molecule has 5 nitrogen and oxygen atoms in total. The fourth-order valence-corrected chi connectivity index (χ4v) is 3.08. The largest absolute Gasteiger partial charge is 0.484 e. The molecule has 2 amide bonds. The predicted molar refractivity (Wildman–Crippen MR) is 96.9 cm³/mol. The van der Waals surface area contributed by atoms with Crippen LogP contribution < -0.4 is 15.4 Å². The summed E-state index contributed by atoms with van der Waals surface area (Å²) in [5, 5.41) is 6.30. The summed E-state index contributed by atoms with van der Waals surface area (Å²) >= 11 is 6.14. The number of amides is 2. The Morgan fingerprint density at radius 3 is 2.88 bits per heavy atom. The first-order valence-corrected chi connectivity index (χ1v) is 8.50. The molecule has 0 aliphatic carbocycles. The fraction of sp³-hybridized carbons (Fsp3) is 0.263. The molecule has 6 heteroatoms. The van der Waals surface area contributed by atoms with E-state index in [1.165, 1.54) is 0 Å². The number of anilines is 1. The third kappa shape index (κ3) is 4.31. The molecule has 0 saturated carbocycles. The molecule has 0 saturated heterocycles. The van der Waals surface area contributed by atoms with Crippen molar-refractivity contribution in [1.82, 2.24) is 5.32 Å². The average molecular weight is 359 g/mol. The van der Waals surface area contributed by atoms with E-state index >= 15 is 0 Å². The van der Waals surface area contributed by atoms with E-state index in [1.807, 2.05) is 31.2 Å². The van der Waals surface area contributed by atoms with Crippen molar-refractivity contribution in [3.8, 4) is 5.75 Å². The van der Waals surface area contributed by atoms with Crippen LogP contribution in [0.25, 0.3) is 0 Å².